The number of rotatable bonds is 2. The van der Waals surface area contributed by atoms with Crippen LogP contribution in [-0.4, -0.2) is 28.9 Å². The molecule has 1 aliphatic rings. The van der Waals surface area contributed by atoms with Gasteiger partial charge in [-0.2, -0.15) is 0 Å². The van der Waals surface area contributed by atoms with E-state index in [9.17, 15) is 4.79 Å². The number of fused-ring (bicyclic) bond motifs is 1. The van der Waals surface area contributed by atoms with Crippen LogP contribution >= 0.6 is 0 Å². The van der Waals surface area contributed by atoms with Crippen LogP contribution in [0.4, 0.5) is 0 Å². The van der Waals surface area contributed by atoms with Crippen molar-refractivity contribution in [3.63, 3.8) is 0 Å². The molecule has 1 saturated heterocycles. The molecule has 3 heterocycles. The van der Waals surface area contributed by atoms with Gasteiger partial charge in [0.25, 0.3) is 0 Å². The number of pyridine rings is 1. The summed E-state index contributed by atoms with van der Waals surface area (Å²) in [5.41, 5.74) is 3.50. The molecule has 0 spiro atoms. The van der Waals surface area contributed by atoms with Crippen LogP contribution in [0.25, 0.3) is 5.65 Å². The van der Waals surface area contributed by atoms with Gasteiger partial charge in [-0.3, -0.25) is 9.20 Å². The highest BCUT2D eigenvalue weighted by Gasteiger charge is 2.25. The van der Waals surface area contributed by atoms with E-state index in [-0.39, 0.29) is 5.92 Å². The normalized spacial score (nSPS) is 19.9. The van der Waals surface area contributed by atoms with Crippen molar-refractivity contribution >= 4 is 11.9 Å². The average molecular weight is 230 g/mol. The number of aromatic nitrogens is 2. The van der Waals surface area contributed by atoms with Crippen LogP contribution in [0.2, 0.25) is 0 Å². The van der Waals surface area contributed by atoms with Crippen LogP contribution in [0.3, 0.4) is 0 Å². The zero-order valence-electron chi connectivity index (χ0n) is 9.72. The fourth-order valence-electron chi connectivity index (χ4n) is 2.41. The minimum atomic E-state index is 0.259. The number of imidazole rings is 1. The monoisotopic (exact) mass is 230 g/mol. The zero-order chi connectivity index (χ0) is 11.8. The van der Waals surface area contributed by atoms with Crippen molar-refractivity contribution in [2.45, 2.75) is 19.3 Å². The molecule has 2 aromatic rings. The molecule has 88 valence electrons. The molecule has 0 amide bonds. The highest BCUT2D eigenvalue weighted by atomic mass is 16.5. The molecule has 1 fully saturated rings. The summed E-state index contributed by atoms with van der Waals surface area (Å²) in [7, 11) is 0. The van der Waals surface area contributed by atoms with Crippen LogP contribution in [0.15, 0.2) is 18.3 Å². The SMILES string of the molecule is Cc1cccn2c(C=O)c(C3CCOC3)nc12. The largest absolute Gasteiger partial charge is 0.381 e. The van der Waals surface area contributed by atoms with Crippen molar-refractivity contribution in [2.75, 3.05) is 13.2 Å². The van der Waals surface area contributed by atoms with E-state index < -0.39 is 0 Å². The van der Waals surface area contributed by atoms with E-state index in [0.717, 1.165) is 36.2 Å². The summed E-state index contributed by atoms with van der Waals surface area (Å²) in [5, 5.41) is 0. The third kappa shape index (κ3) is 1.56. The Kier molecular flexibility index (Phi) is 2.44. The Labute approximate surface area is 99.2 Å². The van der Waals surface area contributed by atoms with E-state index in [1.54, 1.807) is 0 Å². The van der Waals surface area contributed by atoms with E-state index in [0.29, 0.717) is 12.3 Å². The van der Waals surface area contributed by atoms with Crippen LogP contribution in [-0.2, 0) is 4.74 Å². The van der Waals surface area contributed by atoms with Gasteiger partial charge in [-0.25, -0.2) is 4.98 Å². The highest BCUT2D eigenvalue weighted by Crippen LogP contribution is 2.28. The standard InChI is InChI=1S/C13H14N2O2/c1-9-3-2-5-15-11(7-16)12(14-13(9)15)10-4-6-17-8-10/h2-3,5,7,10H,4,6,8H2,1H3. The lowest BCUT2D eigenvalue weighted by Crippen LogP contribution is -2.02. The molecular formula is C13H14N2O2. The van der Waals surface area contributed by atoms with E-state index in [4.69, 9.17) is 4.74 Å². The van der Waals surface area contributed by atoms with E-state index in [1.807, 2.05) is 29.7 Å². The minimum Gasteiger partial charge on any atom is -0.381 e. The van der Waals surface area contributed by atoms with E-state index in [1.165, 1.54) is 0 Å². The predicted octanol–water partition coefficient (Wildman–Crippen LogP) is 1.96. The Morgan fingerprint density at radius 2 is 2.47 bits per heavy atom. The molecule has 0 saturated carbocycles. The zero-order valence-corrected chi connectivity index (χ0v) is 9.72. The van der Waals surface area contributed by atoms with Gasteiger partial charge in [0.15, 0.2) is 6.29 Å². The molecule has 0 N–H and O–H groups in total. The second kappa shape index (κ2) is 3.96. The van der Waals surface area contributed by atoms with Crippen LogP contribution in [0, 0.1) is 6.92 Å². The van der Waals surface area contributed by atoms with E-state index in [2.05, 4.69) is 4.98 Å². The van der Waals surface area contributed by atoms with Gasteiger partial charge in [-0.05, 0) is 25.0 Å². The van der Waals surface area contributed by atoms with Crippen molar-refractivity contribution < 1.29 is 9.53 Å². The third-order valence-corrected chi connectivity index (χ3v) is 3.34. The maximum absolute atomic E-state index is 11.3. The molecule has 0 aromatic carbocycles. The molecule has 1 aliphatic heterocycles. The quantitative estimate of drug-likeness (QED) is 0.741. The Balaban J connectivity index is 2.23. The highest BCUT2D eigenvalue weighted by molar-refractivity contribution is 5.77. The molecule has 0 bridgehead atoms. The van der Waals surface area contributed by atoms with Crippen molar-refractivity contribution in [2.24, 2.45) is 0 Å². The molecule has 0 aliphatic carbocycles. The lowest BCUT2D eigenvalue weighted by atomic mass is 10.0. The van der Waals surface area contributed by atoms with Gasteiger partial charge in [-0.15, -0.1) is 0 Å². The summed E-state index contributed by atoms with van der Waals surface area (Å²) in [6.07, 6.45) is 3.73. The summed E-state index contributed by atoms with van der Waals surface area (Å²) in [6.45, 7) is 3.44. The second-order valence-corrected chi connectivity index (χ2v) is 4.45. The lowest BCUT2D eigenvalue weighted by molar-refractivity contribution is 0.111. The minimum absolute atomic E-state index is 0.259. The summed E-state index contributed by atoms with van der Waals surface area (Å²) < 4.78 is 7.24. The number of carbonyl (C=O) groups is 1. The van der Waals surface area contributed by atoms with Gasteiger partial charge in [0.05, 0.1) is 12.3 Å². The fourth-order valence-corrected chi connectivity index (χ4v) is 2.41. The van der Waals surface area contributed by atoms with Crippen LogP contribution < -0.4 is 0 Å². The molecule has 4 nitrogen and oxygen atoms in total. The van der Waals surface area contributed by atoms with Gasteiger partial charge in [0, 0.05) is 18.7 Å². The van der Waals surface area contributed by atoms with Gasteiger partial charge < -0.3 is 4.74 Å². The van der Waals surface area contributed by atoms with Crippen molar-refractivity contribution in [1.82, 2.24) is 9.38 Å². The van der Waals surface area contributed by atoms with Gasteiger partial charge in [0.1, 0.15) is 11.3 Å². The number of hydrogen-bond donors (Lipinski definition) is 0. The molecule has 0 radical (unpaired) electrons. The summed E-state index contributed by atoms with van der Waals surface area (Å²) in [6, 6.07) is 3.94. The number of hydrogen-bond acceptors (Lipinski definition) is 3. The summed E-state index contributed by atoms with van der Waals surface area (Å²) in [5.74, 6) is 0.259. The second-order valence-electron chi connectivity index (χ2n) is 4.45. The summed E-state index contributed by atoms with van der Waals surface area (Å²) >= 11 is 0. The number of aldehydes is 1. The molecule has 1 unspecified atom stereocenters. The number of nitrogens with zero attached hydrogens (tertiary/aromatic N) is 2. The fraction of sp³-hybridized carbons (Fsp3) is 0.385. The Morgan fingerprint density at radius 1 is 1.59 bits per heavy atom. The number of ether oxygens (including phenoxy) is 1. The molecule has 17 heavy (non-hydrogen) atoms. The third-order valence-electron chi connectivity index (χ3n) is 3.34. The van der Waals surface area contributed by atoms with Crippen molar-refractivity contribution in [3.8, 4) is 0 Å². The van der Waals surface area contributed by atoms with Gasteiger partial charge >= 0.3 is 0 Å². The molecular weight excluding hydrogens is 216 g/mol. The van der Waals surface area contributed by atoms with Crippen molar-refractivity contribution in [1.29, 1.82) is 0 Å². The Bertz CT molecular complexity index is 568. The molecule has 2 aromatic heterocycles. The first-order valence-electron chi connectivity index (χ1n) is 5.81. The molecule has 4 heteroatoms. The van der Waals surface area contributed by atoms with E-state index >= 15 is 0 Å². The maximum Gasteiger partial charge on any atom is 0.168 e. The smallest absolute Gasteiger partial charge is 0.168 e. The first-order chi connectivity index (χ1) is 8.31. The molecule has 1 atom stereocenters. The first-order valence-corrected chi connectivity index (χ1v) is 5.81. The van der Waals surface area contributed by atoms with Gasteiger partial charge in [-0.1, -0.05) is 6.07 Å². The Hall–Kier alpha value is -1.68. The Morgan fingerprint density at radius 3 is 3.18 bits per heavy atom. The number of aryl methyl sites for hydroxylation is 1. The molecule has 3 rings (SSSR count). The number of carbonyl (C=O) groups excluding carboxylic acids is 1. The lowest BCUT2D eigenvalue weighted by Gasteiger charge is -2.03. The maximum atomic E-state index is 11.3. The van der Waals surface area contributed by atoms with Gasteiger partial charge in [0.2, 0.25) is 0 Å². The first kappa shape index (κ1) is 10.5. The summed E-state index contributed by atoms with van der Waals surface area (Å²) in [4.78, 5) is 15.9. The average Bonchev–Trinajstić information content (AvgIpc) is 2.95. The van der Waals surface area contributed by atoms with Crippen LogP contribution in [0.5, 0.6) is 0 Å². The van der Waals surface area contributed by atoms with Crippen molar-refractivity contribution in [3.05, 3.63) is 35.3 Å². The predicted molar refractivity (Wildman–Crippen MR) is 63.5 cm³/mol. The van der Waals surface area contributed by atoms with Crippen LogP contribution in [0.1, 0.15) is 34.1 Å². The topological polar surface area (TPSA) is 43.6 Å².